The maximum absolute atomic E-state index is 12.7. The van der Waals surface area contributed by atoms with Gasteiger partial charge < -0.3 is 18.7 Å². The van der Waals surface area contributed by atoms with E-state index in [2.05, 4.69) is 29.0 Å². The summed E-state index contributed by atoms with van der Waals surface area (Å²) in [6.07, 6.45) is 4.88. The summed E-state index contributed by atoms with van der Waals surface area (Å²) in [5, 5.41) is 3.14. The largest absolute Gasteiger partial charge is 0.468 e. The third kappa shape index (κ3) is 4.59. The lowest BCUT2D eigenvalue weighted by Gasteiger charge is -2.27. The molecule has 1 N–H and O–H groups in total. The van der Waals surface area contributed by atoms with Gasteiger partial charge in [0, 0.05) is 26.2 Å². The minimum atomic E-state index is -0.313. The Morgan fingerprint density at radius 3 is 2.90 bits per heavy atom. The summed E-state index contributed by atoms with van der Waals surface area (Å²) >= 11 is 0. The molecule has 3 aromatic rings. The summed E-state index contributed by atoms with van der Waals surface area (Å²) in [5.74, 6) is 1.01. The van der Waals surface area contributed by atoms with Gasteiger partial charge in [-0.1, -0.05) is 6.92 Å². The van der Waals surface area contributed by atoms with Crippen LogP contribution in [0.2, 0.25) is 0 Å². The van der Waals surface area contributed by atoms with Crippen LogP contribution in [0.1, 0.15) is 48.6 Å². The predicted molar refractivity (Wildman–Crippen MR) is 110 cm³/mol. The quantitative estimate of drug-likeness (QED) is 0.555. The lowest BCUT2D eigenvalue weighted by molar-refractivity contribution is 0.0949. The van der Waals surface area contributed by atoms with Crippen LogP contribution in [0.4, 0.5) is 0 Å². The first-order valence-corrected chi connectivity index (χ1v) is 9.91. The van der Waals surface area contributed by atoms with Gasteiger partial charge in [0.15, 0.2) is 0 Å². The maximum atomic E-state index is 12.7. The first-order valence-electron chi connectivity index (χ1n) is 9.91. The third-order valence-corrected chi connectivity index (χ3v) is 5.24. The predicted octanol–water partition coefficient (Wildman–Crippen LogP) is 2.85. The summed E-state index contributed by atoms with van der Waals surface area (Å²) in [4.78, 5) is 31.6. The molecular weight excluding hydrogens is 372 g/mol. The summed E-state index contributed by atoms with van der Waals surface area (Å²) in [5.41, 5.74) is 0.165. The smallest absolute Gasteiger partial charge is 0.265 e. The second-order valence-electron chi connectivity index (χ2n) is 7.29. The number of aromatic nitrogens is 2. The van der Waals surface area contributed by atoms with Crippen molar-refractivity contribution in [1.82, 2.24) is 19.8 Å². The molecule has 3 heterocycles. The van der Waals surface area contributed by atoms with E-state index in [0.29, 0.717) is 18.3 Å². The Hall–Kier alpha value is -2.87. The SMILES string of the molecule is CC[C@H](C)N(CCCNC(=O)c1c(C)oc2ncn(C)c(=O)c12)Cc1ccco1. The van der Waals surface area contributed by atoms with Crippen LogP contribution in [0.5, 0.6) is 0 Å². The fraction of sp³-hybridized carbons (Fsp3) is 0.476. The van der Waals surface area contributed by atoms with E-state index in [0.717, 1.165) is 31.7 Å². The van der Waals surface area contributed by atoms with E-state index >= 15 is 0 Å². The molecule has 8 nitrogen and oxygen atoms in total. The van der Waals surface area contributed by atoms with E-state index < -0.39 is 0 Å². The average molecular weight is 400 g/mol. The Bertz CT molecular complexity index is 1020. The molecular formula is C21H28N4O4. The third-order valence-electron chi connectivity index (χ3n) is 5.24. The Morgan fingerprint density at radius 1 is 1.41 bits per heavy atom. The average Bonchev–Trinajstić information content (AvgIpc) is 3.33. The molecule has 3 aromatic heterocycles. The first kappa shape index (κ1) is 20.9. The number of fused-ring (bicyclic) bond motifs is 1. The van der Waals surface area contributed by atoms with E-state index in [1.54, 1.807) is 20.2 Å². The number of hydrogen-bond acceptors (Lipinski definition) is 6. The summed E-state index contributed by atoms with van der Waals surface area (Å²) in [6, 6.07) is 4.27. The van der Waals surface area contributed by atoms with Gasteiger partial charge in [-0.15, -0.1) is 0 Å². The molecule has 0 fully saturated rings. The normalized spacial score (nSPS) is 12.6. The highest BCUT2D eigenvalue weighted by atomic mass is 16.3. The van der Waals surface area contributed by atoms with Crippen LogP contribution in [-0.4, -0.2) is 39.5 Å². The van der Waals surface area contributed by atoms with Crippen LogP contribution in [0.3, 0.4) is 0 Å². The number of nitrogens with zero attached hydrogens (tertiary/aromatic N) is 3. The van der Waals surface area contributed by atoms with Gasteiger partial charge in [0.2, 0.25) is 5.71 Å². The molecule has 0 spiro atoms. The summed E-state index contributed by atoms with van der Waals surface area (Å²) in [7, 11) is 1.60. The van der Waals surface area contributed by atoms with Gasteiger partial charge >= 0.3 is 0 Å². The first-order chi connectivity index (χ1) is 13.9. The number of amides is 1. The van der Waals surface area contributed by atoms with Gasteiger partial charge in [-0.25, -0.2) is 4.98 Å². The number of furan rings is 2. The maximum Gasteiger partial charge on any atom is 0.265 e. The van der Waals surface area contributed by atoms with Crippen molar-refractivity contribution in [2.75, 3.05) is 13.1 Å². The molecule has 156 valence electrons. The van der Waals surface area contributed by atoms with Gasteiger partial charge in [-0.2, -0.15) is 0 Å². The Labute approximate surface area is 169 Å². The molecule has 0 aliphatic heterocycles. The molecule has 0 aliphatic rings. The van der Waals surface area contributed by atoms with Crippen LogP contribution in [0.15, 0.2) is 38.4 Å². The van der Waals surface area contributed by atoms with Crippen LogP contribution in [-0.2, 0) is 13.6 Å². The van der Waals surface area contributed by atoms with Crippen molar-refractivity contribution in [2.45, 2.75) is 46.2 Å². The Kier molecular flexibility index (Phi) is 6.53. The number of rotatable bonds is 9. The van der Waals surface area contributed by atoms with Gasteiger partial charge in [-0.05, 0) is 38.8 Å². The van der Waals surface area contributed by atoms with Crippen molar-refractivity contribution < 1.29 is 13.6 Å². The highest BCUT2D eigenvalue weighted by Gasteiger charge is 2.22. The second-order valence-corrected chi connectivity index (χ2v) is 7.29. The van der Waals surface area contributed by atoms with Crippen molar-refractivity contribution in [3.8, 4) is 0 Å². The molecule has 0 aromatic carbocycles. The molecule has 1 atom stereocenters. The molecule has 0 radical (unpaired) electrons. The lowest BCUT2D eigenvalue weighted by Crippen LogP contribution is -2.35. The highest BCUT2D eigenvalue weighted by molar-refractivity contribution is 6.06. The molecule has 0 saturated heterocycles. The molecule has 0 bridgehead atoms. The molecule has 29 heavy (non-hydrogen) atoms. The number of nitrogens with one attached hydrogen (secondary N) is 1. The minimum absolute atomic E-state index is 0.192. The van der Waals surface area contributed by atoms with Crippen LogP contribution < -0.4 is 10.9 Å². The zero-order valence-electron chi connectivity index (χ0n) is 17.4. The zero-order valence-corrected chi connectivity index (χ0v) is 17.4. The van der Waals surface area contributed by atoms with E-state index in [1.807, 2.05) is 12.1 Å². The van der Waals surface area contributed by atoms with Gasteiger partial charge in [-0.3, -0.25) is 14.5 Å². The van der Waals surface area contributed by atoms with Crippen LogP contribution in [0, 0.1) is 6.92 Å². The Balaban J connectivity index is 1.62. The number of carbonyl (C=O) groups is 1. The topological polar surface area (TPSA) is 93.5 Å². The van der Waals surface area contributed by atoms with E-state index in [1.165, 1.54) is 10.9 Å². The molecule has 0 saturated carbocycles. The molecule has 8 heteroatoms. The second kappa shape index (κ2) is 9.09. The van der Waals surface area contributed by atoms with E-state index in [4.69, 9.17) is 8.83 Å². The fourth-order valence-corrected chi connectivity index (χ4v) is 3.35. The zero-order chi connectivity index (χ0) is 21.0. The van der Waals surface area contributed by atoms with Crippen molar-refractivity contribution >= 4 is 17.0 Å². The summed E-state index contributed by atoms with van der Waals surface area (Å²) in [6.45, 7) is 8.07. The lowest BCUT2D eigenvalue weighted by atomic mass is 10.1. The van der Waals surface area contributed by atoms with E-state index in [-0.39, 0.29) is 28.1 Å². The van der Waals surface area contributed by atoms with Crippen LogP contribution in [0.25, 0.3) is 11.1 Å². The van der Waals surface area contributed by atoms with Crippen molar-refractivity contribution in [1.29, 1.82) is 0 Å². The molecule has 0 unspecified atom stereocenters. The van der Waals surface area contributed by atoms with Crippen molar-refractivity contribution in [2.24, 2.45) is 7.05 Å². The van der Waals surface area contributed by atoms with Crippen molar-refractivity contribution in [3.05, 3.63) is 52.2 Å². The number of hydrogen-bond donors (Lipinski definition) is 1. The van der Waals surface area contributed by atoms with Gasteiger partial charge in [0.1, 0.15) is 23.2 Å². The molecule has 0 aliphatic carbocycles. The minimum Gasteiger partial charge on any atom is -0.468 e. The highest BCUT2D eigenvalue weighted by Crippen LogP contribution is 2.20. The Morgan fingerprint density at radius 2 is 2.21 bits per heavy atom. The number of aryl methyl sites for hydroxylation is 2. The van der Waals surface area contributed by atoms with Crippen molar-refractivity contribution in [3.63, 3.8) is 0 Å². The number of carbonyl (C=O) groups excluding carboxylic acids is 1. The standard InChI is InChI=1S/C21H28N4O4/c1-5-14(2)25(12-16-8-6-11-28-16)10-7-9-22-19(26)17-15(3)29-20-18(17)21(27)24(4)13-23-20/h6,8,11,13-14H,5,7,9-10,12H2,1-4H3,(H,22,26)/t14-/m0/s1. The van der Waals surface area contributed by atoms with Gasteiger partial charge in [0.25, 0.3) is 11.5 Å². The fourth-order valence-electron chi connectivity index (χ4n) is 3.35. The summed E-state index contributed by atoms with van der Waals surface area (Å²) < 4.78 is 12.3. The van der Waals surface area contributed by atoms with Gasteiger partial charge in [0.05, 0.1) is 18.4 Å². The monoisotopic (exact) mass is 400 g/mol. The van der Waals surface area contributed by atoms with Crippen LogP contribution >= 0.6 is 0 Å². The molecule has 3 rings (SSSR count). The van der Waals surface area contributed by atoms with E-state index in [9.17, 15) is 9.59 Å². The molecule has 1 amide bonds.